The first-order valence-electron chi connectivity index (χ1n) is 9.97. The first kappa shape index (κ1) is 21.1. The normalized spacial score (nSPS) is 23.7. The van der Waals surface area contributed by atoms with Gasteiger partial charge in [0, 0.05) is 30.1 Å². The molecule has 0 saturated carbocycles. The van der Waals surface area contributed by atoms with Crippen LogP contribution in [0, 0.1) is 10.8 Å². The van der Waals surface area contributed by atoms with Crippen LogP contribution in [-0.4, -0.2) is 37.8 Å². The van der Waals surface area contributed by atoms with Crippen LogP contribution in [0.2, 0.25) is 0 Å². The summed E-state index contributed by atoms with van der Waals surface area (Å²) in [6.07, 6.45) is 0.693. The number of amidine groups is 1. The molecule has 1 N–H and O–H groups in total. The zero-order chi connectivity index (χ0) is 20.9. The molecule has 3 rings (SSSR count). The Morgan fingerprint density at radius 2 is 1.64 bits per heavy atom. The maximum atomic E-state index is 12.8. The van der Waals surface area contributed by atoms with Crippen molar-refractivity contribution in [3.63, 3.8) is 0 Å². The zero-order valence-corrected chi connectivity index (χ0v) is 18.9. The van der Waals surface area contributed by atoms with Crippen LogP contribution in [0.1, 0.15) is 54.9 Å². The third-order valence-corrected chi connectivity index (χ3v) is 6.86. The van der Waals surface area contributed by atoms with Crippen LogP contribution in [0.4, 0.5) is 0 Å². The summed E-state index contributed by atoms with van der Waals surface area (Å²) in [6.45, 7) is 15.9. The SMILES string of the molecule is C[C@@H]1N=C(C(C)(C)C)N2CC(NS(=O)(=O)c3ccccc3)CC2=C1C(C)(C)C. The Bertz CT molecular complexity index is 903. The molecule has 2 atom stereocenters. The van der Waals surface area contributed by atoms with E-state index in [4.69, 9.17) is 4.99 Å². The second-order valence-corrected chi connectivity index (χ2v) is 11.6. The first-order chi connectivity index (χ1) is 12.8. The van der Waals surface area contributed by atoms with Gasteiger partial charge in [0.15, 0.2) is 0 Å². The minimum Gasteiger partial charge on any atom is -0.332 e. The predicted octanol–water partition coefficient (Wildman–Crippen LogP) is 4.19. The second-order valence-electron chi connectivity index (χ2n) is 9.94. The summed E-state index contributed by atoms with van der Waals surface area (Å²) in [6, 6.07) is 8.52. The number of sulfonamides is 1. The molecule has 0 aromatic heterocycles. The highest BCUT2D eigenvalue weighted by atomic mass is 32.2. The van der Waals surface area contributed by atoms with E-state index < -0.39 is 10.0 Å². The number of aliphatic imine (C=N–C) groups is 1. The molecule has 2 aliphatic heterocycles. The van der Waals surface area contributed by atoms with Crippen molar-refractivity contribution < 1.29 is 8.42 Å². The lowest BCUT2D eigenvalue weighted by atomic mass is 9.79. The van der Waals surface area contributed by atoms with Gasteiger partial charge in [-0.2, -0.15) is 0 Å². The van der Waals surface area contributed by atoms with E-state index in [0.717, 1.165) is 5.84 Å². The van der Waals surface area contributed by atoms with E-state index in [1.807, 2.05) is 6.07 Å². The average molecular weight is 404 g/mol. The summed E-state index contributed by atoms with van der Waals surface area (Å²) >= 11 is 0. The van der Waals surface area contributed by atoms with Gasteiger partial charge >= 0.3 is 0 Å². The number of nitrogens with one attached hydrogen (secondary N) is 1. The zero-order valence-electron chi connectivity index (χ0n) is 18.1. The summed E-state index contributed by atoms with van der Waals surface area (Å²) < 4.78 is 28.6. The molecule has 0 aliphatic carbocycles. The Balaban J connectivity index is 1.96. The highest BCUT2D eigenvalue weighted by molar-refractivity contribution is 7.89. The molecule has 1 aromatic carbocycles. The van der Waals surface area contributed by atoms with Gasteiger partial charge < -0.3 is 4.90 Å². The fraction of sp³-hybridized carbons (Fsp3) is 0.591. The number of rotatable bonds is 3. The quantitative estimate of drug-likeness (QED) is 0.823. The van der Waals surface area contributed by atoms with Crippen molar-refractivity contribution in [2.45, 2.75) is 71.9 Å². The van der Waals surface area contributed by atoms with Gasteiger partial charge in [0.25, 0.3) is 0 Å². The van der Waals surface area contributed by atoms with E-state index in [9.17, 15) is 8.42 Å². The summed E-state index contributed by atoms with van der Waals surface area (Å²) in [5, 5.41) is 0. The summed E-state index contributed by atoms with van der Waals surface area (Å²) in [5.41, 5.74) is 2.42. The highest BCUT2D eigenvalue weighted by Crippen LogP contribution is 2.43. The highest BCUT2D eigenvalue weighted by Gasteiger charge is 2.43. The molecular weight excluding hydrogens is 370 g/mol. The molecule has 0 spiro atoms. The maximum Gasteiger partial charge on any atom is 0.240 e. The van der Waals surface area contributed by atoms with Crippen LogP contribution in [0.3, 0.4) is 0 Å². The van der Waals surface area contributed by atoms with Crippen molar-refractivity contribution in [1.82, 2.24) is 9.62 Å². The van der Waals surface area contributed by atoms with Crippen LogP contribution in [0.15, 0.2) is 51.5 Å². The Labute approximate surface area is 170 Å². The van der Waals surface area contributed by atoms with Gasteiger partial charge in [-0.3, -0.25) is 4.99 Å². The monoisotopic (exact) mass is 403 g/mol. The molecule has 1 aromatic rings. The lowest BCUT2D eigenvalue weighted by molar-refractivity contribution is 0.393. The van der Waals surface area contributed by atoms with Crippen LogP contribution in [0.25, 0.3) is 0 Å². The van der Waals surface area contributed by atoms with Crippen LogP contribution in [-0.2, 0) is 10.0 Å². The fourth-order valence-electron chi connectivity index (χ4n) is 4.39. The predicted molar refractivity (Wildman–Crippen MR) is 115 cm³/mol. The van der Waals surface area contributed by atoms with Gasteiger partial charge in [-0.05, 0) is 30.0 Å². The van der Waals surface area contributed by atoms with Gasteiger partial charge in [-0.1, -0.05) is 59.7 Å². The molecule has 0 radical (unpaired) electrons. The van der Waals surface area contributed by atoms with Crippen molar-refractivity contribution in [1.29, 1.82) is 0 Å². The maximum absolute atomic E-state index is 12.8. The minimum atomic E-state index is -3.55. The molecule has 2 aliphatic rings. The van der Waals surface area contributed by atoms with E-state index in [1.54, 1.807) is 24.3 Å². The molecule has 1 saturated heterocycles. The van der Waals surface area contributed by atoms with Gasteiger partial charge in [0.05, 0.1) is 10.9 Å². The van der Waals surface area contributed by atoms with E-state index in [0.29, 0.717) is 17.9 Å². The van der Waals surface area contributed by atoms with Crippen molar-refractivity contribution >= 4 is 15.9 Å². The van der Waals surface area contributed by atoms with E-state index in [1.165, 1.54) is 11.3 Å². The largest absolute Gasteiger partial charge is 0.332 e. The van der Waals surface area contributed by atoms with Crippen molar-refractivity contribution in [2.75, 3.05) is 6.54 Å². The molecule has 1 unspecified atom stereocenters. The van der Waals surface area contributed by atoms with Crippen molar-refractivity contribution in [3.05, 3.63) is 41.6 Å². The molecular formula is C22H33N3O2S. The minimum absolute atomic E-state index is 0.0207. The fourth-order valence-corrected chi connectivity index (χ4v) is 5.64. The Morgan fingerprint density at radius 1 is 1.04 bits per heavy atom. The lowest BCUT2D eigenvalue weighted by Crippen LogP contribution is -2.45. The number of benzene rings is 1. The average Bonchev–Trinajstić information content (AvgIpc) is 2.94. The summed E-state index contributed by atoms with van der Waals surface area (Å²) in [5.74, 6) is 1.05. The number of nitrogens with zero attached hydrogens (tertiary/aromatic N) is 2. The molecule has 5 nitrogen and oxygen atoms in total. The standard InChI is InChI=1S/C22H33N3O2S/c1-15-19(21(2,3)4)18-13-16(14-25(18)20(23-15)22(5,6)7)24-28(26,27)17-11-9-8-10-12-17/h8-12,15-16,24H,13-14H2,1-7H3/t15-,16?/m0/s1. The number of hydrogen-bond donors (Lipinski definition) is 1. The summed E-state index contributed by atoms with van der Waals surface area (Å²) in [4.78, 5) is 7.61. The molecule has 2 heterocycles. The number of fused-ring (bicyclic) bond motifs is 1. The first-order valence-corrected chi connectivity index (χ1v) is 11.5. The molecule has 154 valence electrons. The lowest BCUT2D eigenvalue weighted by Gasteiger charge is -2.41. The smallest absolute Gasteiger partial charge is 0.240 e. The van der Waals surface area contributed by atoms with Gasteiger partial charge in [0.1, 0.15) is 5.84 Å². The molecule has 28 heavy (non-hydrogen) atoms. The third-order valence-electron chi connectivity index (χ3n) is 5.32. The molecule has 0 amide bonds. The third kappa shape index (κ3) is 4.03. The van der Waals surface area contributed by atoms with Crippen LogP contribution >= 0.6 is 0 Å². The van der Waals surface area contributed by atoms with E-state index in [-0.39, 0.29) is 22.9 Å². The Morgan fingerprint density at radius 3 is 2.18 bits per heavy atom. The van der Waals surface area contributed by atoms with E-state index >= 15 is 0 Å². The molecule has 1 fully saturated rings. The molecule has 0 bridgehead atoms. The van der Waals surface area contributed by atoms with Crippen molar-refractivity contribution in [3.8, 4) is 0 Å². The Kier molecular flexibility index (Phi) is 5.26. The topological polar surface area (TPSA) is 61.8 Å². The van der Waals surface area contributed by atoms with Crippen LogP contribution in [0.5, 0.6) is 0 Å². The second kappa shape index (κ2) is 6.99. The van der Waals surface area contributed by atoms with Gasteiger partial charge in [0.2, 0.25) is 10.0 Å². The Hall–Kier alpha value is -1.66. The van der Waals surface area contributed by atoms with Crippen LogP contribution < -0.4 is 4.72 Å². The summed E-state index contributed by atoms with van der Waals surface area (Å²) in [7, 11) is -3.55. The van der Waals surface area contributed by atoms with E-state index in [2.05, 4.69) is 58.1 Å². The number of hydrogen-bond acceptors (Lipinski definition) is 4. The van der Waals surface area contributed by atoms with Crippen molar-refractivity contribution in [2.24, 2.45) is 15.8 Å². The molecule has 6 heteroatoms. The van der Waals surface area contributed by atoms with Gasteiger partial charge in [-0.15, -0.1) is 0 Å². The van der Waals surface area contributed by atoms with Gasteiger partial charge in [-0.25, -0.2) is 13.1 Å².